The lowest BCUT2D eigenvalue weighted by molar-refractivity contribution is 0.145. The predicted octanol–water partition coefficient (Wildman–Crippen LogP) is 2.18. The molecule has 0 unspecified atom stereocenters. The number of guanidine groups is 1. The van der Waals surface area contributed by atoms with Crippen LogP contribution in [0.1, 0.15) is 25.8 Å². The molecule has 0 aliphatic rings. The fourth-order valence-corrected chi connectivity index (χ4v) is 1.81. The molecular weight excluding hydrogens is 266 g/mol. The topological polar surface area (TPSA) is 54.9 Å². The fraction of sp³-hybridized carbons (Fsp3) is 0.562. The third-order valence-corrected chi connectivity index (χ3v) is 2.86. The largest absolute Gasteiger partial charge is 0.497 e. The van der Waals surface area contributed by atoms with Gasteiger partial charge in [0.25, 0.3) is 0 Å². The third-order valence-electron chi connectivity index (χ3n) is 2.86. The highest BCUT2D eigenvalue weighted by molar-refractivity contribution is 5.79. The Labute approximate surface area is 127 Å². The Bertz CT molecular complexity index is 422. The Morgan fingerprint density at radius 1 is 1.24 bits per heavy atom. The van der Waals surface area contributed by atoms with Crippen molar-refractivity contribution in [2.75, 3.05) is 33.4 Å². The van der Waals surface area contributed by atoms with E-state index in [9.17, 15) is 0 Å². The van der Waals surface area contributed by atoms with Crippen LogP contribution in [0.2, 0.25) is 0 Å². The van der Waals surface area contributed by atoms with Gasteiger partial charge < -0.3 is 20.1 Å². The van der Waals surface area contributed by atoms with E-state index in [1.807, 2.05) is 31.2 Å². The summed E-state index contributed by atoms with van der Waals surface area (Å²) in [5, 5.41) is 6.55. The van der Waals surface area contributed by atoms with Gasteiger partial charge in [-0.3, -0.25) is 0 Å². The van der Waals surface area contributed by atoms with E-state index in [2.05, 4.69) is 22.5 Å². The lowest BCUT2D eigenvalue weighted by atomic mass is 10.2. The van der Waals surface area contributed by atoms with Crippen LogP contribution in [0.25, 0.3) is 0 Å². The van der Waals surface area contributed by atoms with Crippen molar-refractivity contribution in [1.29, 1.82) is 0 Å². The van der Waals surface area contributed by atoms with Crippen molar-refractivity contribution in [3.8, 4) is 5.75 Å². The van der Waals surface area contributed by atoms with Crippen molar-refractivity contribution >= 4 is 5.96 Å². The molecule has 5 heteroatoms. The standard InChI is InChI=1S/C16H27N3O2/c1-4-17-16(18-10-7-11-21-5-2)19-13-14-8-6-9-15(12-14)20-3/h6,8-9,12H,4-5,7,10-11,13H2,1-3H3,(H2,17,18,19). The van der Waals surface area contributed by atoms with E-state index in [4.69, 9.17) is 9.47 Å². The molecule has 5 nitrogen and oxygen atoms in total. The van der Waals surface area contributed by atoms with Crippen LogP contribution in [0, 0.1) is 0 Å². The maximum absolute atomic E-state index is 5.32. The third kappa shape index (κ3) is 7.56. The summed E-state index contributed by atoms with van der Waals surface area (Å²) < 4.78 is 10.5. The number of aliphatic imine (C=N–C) groups is 1. The Balaban J connectivity index is 2.46. The van der Waals surface area contributed by atoms with Crippen LogP contribution in [-0.2, 0) is 11.3 Å². The van der Waals surface area contributed by atoms with Crippen LogP contribution >= 0.6 is 0 Å². The van der Waals surface area contributed by atoms with Gasteiger partial charge in [0, 0.05) is 26.3 Å². The van der Waals surface area contributed by atoms with Gasteiger partial charge in [0.1, 0.15) is 5.75 Å². The van der Waals surface area contributed by atoms with Crippen LogP contribution in [-0.4, -0.2) is 39.4 Å². The summed E-state index contributed by atoms with van der Waals surface area (Å²) in [5.74, 6) is 1.69. The molecule has 1 aromatic rings. The monoisotopic (exact) mass is 293 g/mol. The predicted molar refractivity (Wildman–Crippen MR) is 86.9 cm³/mol. The van der Waals surface area contributed by atoms with Crippen molar-refractivity contribution in [2.24, 2.45) is 4.99 Å². The first-order valence-electron chi connectivity index (χ1n) is 7.53. The zero-order chi connectivity index (χ0) is 15.3. The van der Waals surface area contributed by atoms with Gasteiger partial charge in [0.05, 0.1) is 13.7 Å². The van der Waals surface area contributed by atoms with E-state index in [-0.39, 0.29) is 0 Å². The Kier molecular flexibility index (Phi) is 9.04. The smallest absolute Gasteiger partial charge is 0.191 e. The highest BCUT2D eigenvalue weighted by Crippen LogP contribution is 2.12. The molecule has 0 heterocycles. The highest BCUT2D eigenvalue weighted by Gasteiger charge is 1.98. The van der Waals surface area contributed by atoms with Gasteiger partial charge in [-0.1, -0.05) is 12.1 Å². The molecule has 2 N–H and O–H groups in total. The minimum atomic E-state index is 0.623. The summed E-state index contributed by atoms with van der Waals surface area (Å²) >= 11 is 0. The van der Waals surface area contributed by atoms with Crippen molar-refractivity contribution in [3.63, 3.8) is 0 Å². The van der Waals surface area contributed by atoms with Gasteiger partial charge in [0.2, 0.25) is 0 Å². The second-order valence-corrected chi connectivity index (χ2v) is 4.52. The Morgan fingerprint density at radius 3 is 2.81 bits per heavy atom. The zero-order valence-electron chi connectivity index (χ0n) is 13.3. The first-order valence-corrected chi connectivity index (χ1v) is 7.53. The molecule has 0 aromatic heterocycles. The molecule has 0 fully saturated rings. The first-order chi connectivity index (χ1) is 10.3. The molecule has 0 radical (unpaired) electrons. The van der Waals surface area contributed by atoms with Crippen LogP contribution in [0.4, 0.5) is 0 Å². The SMILES string of the molecule is CCNC(=NCc1cccc(OC)c1)NCCCOCC. The van der Waals surface area contributed by atoms with Crippen molar-refractivity contribution < 1.29 is 9.47 Å². The fourth-order valence-electron chi connectivity index (χ4n) is 1.81. The number of methoxy groups -OCH3 is 1. The molecule has 0 bridgehead atoms. The molecule has 21 heavy (non-hydrogen) atoms. The van der Waals surface area contributed by atoms with Crippen molar-refractivity contribution in [1.82, 2.24) is 10.6 Å². The van der Waals surface area contributed by atoms with E-state index >= 15 is 0 Å². The minimum absolute atomic E-state index is 0.623. The maximum Gasteiger partial charge on any atom is 0.191 e. The number of ether oxygens (including phenoxy) is 2. The van der Waals surface area contributed by atoms with Crippen LogP contribution in [0.15, 0.2) is 29.3 Å². The van der Waals surface area contributed by atoms with E-state index < -0.39 is 0 Å². The number of nitrogens with one attached hydrogen (secondary N) is 2. The average molecular weight is 293 g/mol. The quantitative estimate of drug-likeness (QED) is 0.416. The number of rotatable bonds is 9. The van der Waals surface area contributed by atoms with Gasteiger partial charge in [-0.05, 0) is 38.0 Å². The van der Waals surface area contributed by atoms with E-state index in [0.717, 1.165) is 50.0 Å². The summed E-state index contributed by atoms with van der Waals surface area (Å²) in [7, 11) is 1.67. The average Bonchev–Trinajstić information content (AvgIpc) is 2.52. The van der Waals surface area contributed by atoms with E-state index in [0.29, 0.717) is 6.54 Å². The summed E-state index contributed by atoms with van der Waals surface area (Å²) in [5.41, 5.74) is 1.13. The molecule has 0 amide bonds. The molecule has 1 rings (SSSR count). The molecule has 1 aromatic carbocycles. The van der Waals surface area contributed by atoms with Crippen LogP contribution in [0.3, 0.4) is 0 Å². The molecule has 0 saturated carbocycles. The Hall–Kier alpha value is -1.75. The number of benzene rings is 1. The van der Waals surface area contributed by atoms with Crippen LogP contribution in [0.5, 0.6) is 5.75 Å². The van der Waals surface area contributed by atoms with E-state index in [1.165, 1.54) is 0 Å². The van der Waals surface area contributed by atoms with Crippen molar-refractivity contribution in [3.05, 3.63) is 29.8 Å². The lowest BCUT2D eigenvalue weighted by Gasteiger charge is -2.11. The lowest BCUT2D eigenvalue weighted by Crippen LogP contribution is -2.38. The van der Waals surface area contributed by atoms with Gasteiger partial charge in [-0.25, -0.2) is 4.99 Å². The zero-order valence-corrected chi connectivity index (χ0v) is 13.3. The second kappa shape index (κ2) is 11.0. The molecule has 0 saturated heterocycles. The molecule has 118 valence electrons. The normalized spacial score (nSPS) is 11.3. The van der Waals surface area contributed by atoms with Gasteiger partial charge in [0.15, 0.2) is 5.96 Å². The van der Waals surface area contributed by atoms with Crippen LogP contribution < -0.4 is 15.4 Å². The second-order valence-electron chi connectivity index (χ2n) is 4.52. The van der Waals surface area contributed by atoms with Gasteiger partial charge in [-0.15, -0.1) is 0 Å². The number of nitrogens with zero attached hydrogens (tertiary/aromatic N) is 1. The first kappa shape index (κ1) is 17.3. The molecule has 0 aliphatic carbocycles. The summed E-state index contributed by atoms with van der Waals surface area (Å²) in [4.78, 5) is 4.57. The van der Waals surface area contributed by atoms with Crippen molar-refractivity contribution in [2.45, 2.75) is 26.8 Å². The molecule has 0 atom stereocenters. The minimum Gasteiger partial charge on any atom is -0.497 e. The number of hydrogen-bond acceptors (Lipinski definition) is 3. The molecular formula is C16H27N3O2. The summed E-state index contributed by atoms with van der Waals surface area (Å²) in [6, 6.07) is 7.96. The molecule has 0 aliphatic heterocycles. The highest BCUT2D eigenvalue weighted by atomic mass is 16.5. The summed E-state index contributed by atoms with van der Waals surface area (Å²) in [6.07, 6.45) is 0.970. The van der Waals surface area contributed by atoms with Gasteiger partial charge in [-0.2, -0.15) is 0 Å². The van der Waals surface area contributed by atoms with E-state index in [1.54, 1.807) is 7.11 Å². The Morgan fingerprint density at radius 2 is 2.10 bits per heavy atom. The molecule has 0 spiro atoms. The van der Waals surface area contributed by atoms with Gasteiger partial charge >= 0.3 is 0 Å². The number of hydrogen-bond donors (Lipinski definition) is 2. The maximum atomic E-state index is 5.32. The summed E-state index contributed by atoms with van der Waals surface area (Å²) in [6.45, 7) is 7.93.